The standard InChI is InChI=1S/C19H20N4O/c1-23-11-10-15(14-23)13-21-19(20)22-16-6-5-9-18(12-16)24-17-7-3-2-4-8-17/h2-12,14H,13H2,1H3,(H3,20,21,22). The van der Waals surface area contributed by atoms with E-state index in [0.717, 1.165) is 22.7 Å². The number of nitrogens with two attached hydrogens (primary N) is 1. The number of aliphatic imine (C=N–C) groups is 1. The molecule has 5 heteroatoms. The second-order valence-corrected chi connectivity index (χ2v) is 5.45. The third-order valence-corrected chi connectivity index (χ3v) is 3.41. The van der Waals surface area contributed by atoms with E-state index in [4.69, 9.17) is 10.5 Å². The van der Waals surface area contributed by atoms with Crippen molar-refractivity contribution >= 4 is 11.6 Å². The van der Waals surface area contributed by atoms with Crippen molar-refractivity contribution in [3.8, 4) is 11.5 Å². The molecule has 24 heavy (non-hydrogen) atoms. The molecule has 122 valence electrons. The number of guanidine groups is 1. The summed E-state index contributed by atoms with van der Waals surface area (Å²) in [4.78, 5) is 4.35. The number of hydrogen-bond acceptors (Lipinski definition) is 2. The molecule has 0 amide bonds. The van der Waals surface area contributed by atoms with Gasteiger partial charge < -0.3 is 20.4 Å². The van der Waals surface area contributed by atoms with Gasteiger partial charge in [0.1, 0.15) is 11.5 Å². The summed E-state index contributed by atoms with van der Waals surface area (Å²) in [7, 11) is 1.98. The molecule has 0 fully saturated rings. The van der Waals surface area contributed by atoms with Gasteiger partial charge in [-0.2, -0.15) is 0 Å². The molecule has 2 aromatic carbocycles. The number of para-hydroxylation sites is 1. The number of nitrogens with one attached hydrogen (secondary N) is 1. The van der Waals surface area contributed by atoms with Gasteiger partial charge in [-0.05, 0) is 35.9 Å². The smallest absolute Gasteiger partial charge is 0.193 e. The maximum atomic E-state index is 5.95. The Morgan fingerprint density at radius 1 is 1.08 bits per heavy atom. The minimum absolute atomic E-state index is 0.371. The molecule has 3 rings (SSSR count). The summed E-state index contributed by atoms with van der Waals surface area (Å²) in [6.07, 6.45) is 4.00. The van der Waals surface area contributed by atoms with Crippen LogP contribution in [0.5, 0.6) is 11.5 Å². The summed E-state index contributed by atoms with van der Waals surface area (Å²) in [6, 6.07) is 19.3. The van der Waals surface area contributed by atoms with Gasteiger partial charge in [0.2, 0.25) is 0 Å². The fourth-order valence-corrected chi connectivity index (χ4v) is 2.28. The van der Waals surface area contributed by atoms with Crippen LogP contribution in [0.2, 0.25) is 0 Å². The average Bonchev–Trinajstić information content (AvgIpc) is 3.00. The van der Waals surface area contributed by atoms with Gasteiger partial charge in [-0.15, -0.1) is 0 Å². The normalized spacial score (nSPS) is 11.3. The van der Waals surface area contributed by atoms with Crippen LogP contribution in [-0.4, -0.2) is 10.5 Å². The Kier molecular flexibility index (Phi) is 4.81. The lowest BCUT2D eigenvalue weighted by molar-refractivity contribution is 0.483. The molecule has 3 N–H and O–H groups in total. The predicted molar refractivity (Wildman–Crippen MR) is 97.3 cm³/mol. The van der Waals surface area contributed by atoms with Gasteiger partial charge in [0.25, 0.3) is 0 Å². The molecule has 0 saturated heterocycles. The maximum absolute atomic E-state index is 5.95. The van der Waals surface area contributed by atoms with E-state index < -0.39 is 0 Å². The van der Waals surface area contributed by atoms with Crippen molar-refractivity contribution in [2.24, 2.45) is 17.8 Å². The molecular formula is C19H20N4O. The highest BCUT2D eigenvalue weighted by Gasteiger charge is 2.00. The topological polar surface area (TPSA) is 64.6 Å². The van der Waals surface area contributed by atoms with Crippen LogP contribution in [0.15, 0.2) is 78.0 Å². The highest BCUT2D eigenvalue weighted by molar-refractivity contribution is 5.92. The number of aryl methyl sites for hydroxylation is 1. The van der Waals surface area contributed by atoms with E-state index in [1.807, 2.05) is 84.7 Å². The molecule has 3 aromatic rings. The summed E-state index contributed by atoms with van der Waals surface area (Å²) in [6.45, 7) is 0.542. The van der Waals surface area contributed by atoms with Crippen molar-refractivity contribution < 1.29 is 4.74 Å². The lowest BCUT2D eigenvalue weighted by Crippen LogP contribution is -2.22. The summed E-state index contributed by atoms with van der Waals surface area (Å²) >= 11 is 0. The number of aromatic nitrogens is 1. The van der Waals surface area contributed by atoms with Gasteiger partial charge in [0.05, 0.1) is 6.54 Å². The first-order chi connectivity index (χ1) is 11.7. The van der Waals surface area contributed by atoms with Crippen LogP contribution in [0.4, 0.5) is 5.69 Å². The van der Waals surface area contributed by atoms with Crippen molar-refractivity contribution in [1.29, 1.82) is 0 Å². The molecule has 0 unspecified atom stereocenters. The van der Waals surface area contributed by atoms with E-state index in [1.165, 1.54) is 0 Å². The fourth-order valence-electron chi connectivity index (χ4n) is 2.28. The van der Waals surface area contributed by atoms with Gasteiger partial charge in [-0.1, -0.05) is 24.3 Å². The van der Waals surface area contributed by atoms with E-state index in [0.29, 0.717) is 12.5 Å². The highest BCUT2D eigenvalue weighted by Crippen LogP contribution is 2.23. The van der Waals surface area contributed by atoms with Crippen LogP contribution < -0.4 is 15.8 Å². The third-order valence-electron chi connectivity index (χ3n) is 3.41. The van der Waals surface area contributed by atoms with Crippen molar-refractivity contribution in [2.45, 2.75) is 6.54 Å². The first-order valence-electron chi connectivity index (χ1n) is 7.70. The van der Waals surface area contributed by atoms with Gasteiger partial charge in [-0.3, -0.25) is 0 Å². The van der Waals surface area contributed by atoms with Crippen molar-refractivity contribution in [1.82, 2.24) is 4.57 Å². The van der Waals surface area contributed by atoms with Crippen molar-refractivity contribution in [2.75, 3.05) is 5.32 Å². The molecule has 0 aliphatic rings. The van der Waals surface area contributed by atoms with E-state index in [2.05, 4.69) is 10.3 Å². The Morgan fingerprint density at radius 2 is 1.88 bits per heavy atom. The largest absolute Gasteiger partial charge is 0.457 e. The molecular weight excluding hydrogens is 300 g/mol. The molecule has 0 radical (unpaired) electrons. The van der Waals surface area contributed by atoms with Crippen molar-refractivity contribution in [3.63, 3.8) is 0 Å². The van der Waals surface area contributed by atoms with Gasteiger partial charge in [-0.25, -0.2) is 4.99 Å². The Labute approximate surface area is 141 Å². The van der Waals surface area contributed by atoms with Gasteiger partial charge in [0, 0.05) is 31.2 Å². The summed E-state index contributed by atoms with van der Waals surface area (Å²) in [5.41, 5.74) is 7.90. The van der Waals surface area contributed by atoms with Crippen LogP contribution in [0.1, 0.15) is 5.56 Å². The number of rotatable bonds is 5. The van der Waals surface area contributed by atoms with Crippen LogP contribution in [0, 0.1) is 0 Å². The SMILES string of the molecule is Cn1ccc(CN=C(N)Nc2cccc(Oc3ccccc3)c2)c1. The van der Waals surface area contributed by atoms with E-state index in [-0.39, 0.29) is 0 Å². The molecule has 0 saturated carbocycles. The molecule has 5 nitrogen and oxygen atoms in total. The monoisotopic (exact) mass is 320 g/mol. The Morgan fingerprint density at radius 3 is 2.62 bits per heavy atom. The average molecular weight is 320 g/mol. The molecule has 0 aliphatic heterocycles. The lowest BCUT2D eigenvalue weighted by atomic mass is 10.3. The molecule has 0 aliphatic carbocycles. The third kappa shape index (κ3) is 4.39. The number of anilines is 1. The number of ether oxygens (including phenoxy) is 1. The van der Waals surface area contributed by atoms with Crippen LogP contribution in [0.25, 0.3) is 0 Å². The number of hydrogen-bond donors (Lipinski definition) is 2. The summed E-state index contributed by atoms with van der Waals surface area (Å²) < 4.78 is 7.79. The quantitative estimate of drug-likeness (QED) is 0.556. The second kappa shape index (κ2) is 7.37. The van der Waals surface area contributed by atoms with Crippen LogP contribution in [-0.2, 0) is 13.6 Å². The lowest BCUT2D eigenvalue weighted by Gasteiger charge is -2.09. The molecule has 1 heterocycles. The zero-order valence-corrected chi connectivity index (χ0v) is 13.5. The minimum Gasteiger partial charge on any atom is -0.457 e. The Hall–Kier alpha value is -3.21. The predicted octanol–water partition coefficient (Wildman–Crippen LogP) is 3.74. The fraction of sp³-hybridized carbons (Fsp3) is 0.105. The highest BCUT2D eigenvalue weighted by atomic mass is 16.5. The summed E-state index contributed by atoms with van der Waals surface area (Å²) in [5, 5.41) is 3.09. The second-order valence-electron chi connectivity index (χ2n) is 5.45. The first kappa shape index (κ1) is 15.7. The number of benzene rings is 2. The first-order valence-corrected chi connectivity index (χ1v) is 7.70. The van der Waals surface area contributed by atoms with Gasteiger partial charge >= 0.3 is 0 Å². The molecule has 0 bridgehead atoms. The minimum atomic E-state index is 0.371. The zero-order chi connectivity index (χ0) is 16.8. The number of nitrogens with zero attached hydrogens (tertiary/aromatic N) is 2. The molecule has 1 aromatic heterocycles. The molecule has 0 spiro atoms. The van der Waals surface area contributed by atoms with Crippen LogP contribution in [0.3, 0.4) is 0 Å². The zero-order valence-electron chi connectivity index (χ0n) is 13.5. The van der Waals surface area contributed by atoms with Gasteiger partial charge in [0.15, 0.2) is 5.96 Å². The van der Waals surface area contributed by atoms with E-state index in [1.54, 1.807) is 0 Å². The molecule has 0 atom stereocenters. The van der Waals surface area contributed by atoms with Crippen LogP contribution >= 0.6 is 0 Å². The van der Waals surface area contributed by atoms with E-state index >= 15 is 0 Å². The Bertz CT molecular complexity index is 824. The van der Waals surface area contributed by atoms with E-state index in [9.17, 15) is 0 Å². The summed E-state index contributed by atoms with van der Waals surface area (Å²) in [5.74, 6) is 1.90. The Balaban J connectivity index is 1.63. The van der Waals surface area contributed by atoms with Crippen molar-refractivity contribution in [3.05, 3.63) is 78.6 Å². The maximum Gasteiger partial charge on any atom is 0.193 e.